The Hall–Kier alpha value is -1.89. The number of amides is 1. The first-order chi connectivity index (χ1) is 7.47. The fourth-order valence-corrected chi connectivity index (χ4v) is 0.693. The first kappa shape index (κ1) is 14.1. The summed E-state index contributed by atoms with van der Waals surface area (Å²) < 4.78 is 9.08. The van der Waals surface area contributed by atoms with Gasteiger partial charge < -0.3 is 19.9 Å². The Morgan fingerprint density at radius 1 is 1.38 bits per heavy atom. The van der Waals surface area contributed by atoms with Gasteiger partial charge in [0.15, 0.2) is 6.61 Å². The number of nitrogens with one attached hydrogen (secondary N) is 1. The summed E-state index contributed by atoms with van der Waals surface area (Å²) in [5, 5.41) is 10.6. The van der Waals surface area contributed by atoms with Crippen LogP contribution < -0.4 is 5.32 Å². The van der Waals surface area contributed by atoms with Crippen molar-refractivity contribution in [2.24, 2.45) is 0 Å². The van der Waals surface area contributed by atoms with Crippen LogP contribution in [0.5, 0.6) is 0 Å². The molecule has 0 rings (SSSR count). The molecule has 0 aliphatic heterocycles. The number of carbonyl (C=O) groups is 3. The van der Waals surface area contributed by atoms with Gasteiger partial charge in [0.2, 0.25) is 0 Å². The topological polar surface area (TPSA) is 102 Å². The second-order valence-electron chi connectivity index (χ2n) is 2.77. The predicted molar refractivity (Wildman–Crippen MR) is 52.4 cm³/mol. The molecule has 0 bridgehead atoms. The highest BCUT2D eigenvalue weighted by atomic mass is 16.5. The Kier molecular flexibility index (Phi) is 6.53. The highest BCUT2D eigenvalue weighted by Gasteiger charge is 2.10. The molecule has 16 heavy (non-hydrogen) atoms. The number of hydrogen-bond acceptors (Lipinski definition) is 5. The van der Waals surface area contributed by atoms with Crippen LogP contribution in [0, 0.1) is 0 Å². The summed E-state index contributed by atoms with van der Waals surface area (Å²) in [5.74, 6) is -2.63. The third kappa shape index (κ3) is 6.55. The number of carboxylic acids is 1. The molecule has 0 fully saturated rings. The quantitative estimate of drug-likeness (QED) is 0.355. The molecule has 0 aromatic carbocycles. The zero-order chi connectivity index (χ0) is 12.6. The van der Waals surface area contributed by atoms with E-state index in [2.05, 4.69) is 14.8 Å². The molecule has 0 atom stereocenters. The minimum atomic E-state index is -1.25. The van der Waals surface area contributed by atoms with Gasteiger partial charge in [-0.25, -0.2) is 9.59 Å². The number of carboxylic acid groups (broad SMARTS) is 1. The number of esters is 1. The van der Waals surface area contributed by atoms with E-state index >= 15 is 0 Å². The maximum Gasteiger partial charge on any atom is 0.334 e. The molecule has 0 aromatic heterocycles. The first-order valence-corrected chi connectivity index (χ1v) is 4.31. The van der Waals surface area contributed by atoms with Crippen LogP contribution in [-0.4, -0.2) is 43.4 Å². The fraction of sp³-hybridized carbons (Fsp3) is 0.444. The molecule has 0 aliphatic rings. The van der Waals surface area contributed by atoms with Crippen LogP contribution in [0.4, 0.5) is 0 Å². The molecule has 0 saturated heterocycles. The molecule has 0 aliphatic carbocycles. The molecular weight excluding hydrogens is 218 g/mol. The summed E-state index contributed by atoms with van der Waals surface area (Å²) in [6.45, 7) is 0.816. The largest absolute Gasteiger partial charge is 0.478 e. The average molecular weight is 231 g/mol. The zero-order valence-electron chi connectivity index (χ0n) is 8.98. The molecule has 2 N–H and O–H groups in total. The van der Waals surface area contributed by atoms with Crippen molar-refractivity contribution < 1.29 is 29.0 Å². The average Bonchev–Trinajstić information content (AvgIpc) is 2.21. The lowest BCUT2D eigenvalue weighted by Crippen LogP contribution is -2.30. The minimum absolute atomic E-state index is 0.0142. The molecule has 0 unspecified atom stereocenters. The molecule has 0 aromatic rings. The summed E-state index contributed by atoms with van der Waals surface area (Å²) in [6, 6.07) is 0. The summed E-state index contributed by atoms with van der Waals surface area (Å²) in [6.07, 6.45) is 0.704. The molecule has 0 heterocycles. The lowest BCUT2D eigenvalue weighted by atomic mass is 10.3. The normalized spacial score (nSPS) is 10.8. The van der Waals surface area contributed by atoms with Crippen LogP contribution in [0.3, 0.4) is 0 Å². The monoisotopic (exact) mass is 231 g/mol. The number of rotatable bonds is 6. The van der Waals surface area contributed by atoms with Gasteiger partial charge in [-0.2, -0.15) is 0 Å². The summed E-state index contributed by atoms with van der Waals surface area (Å²) in [7, 11) is 1.39. The van der Waals surface area contributed by atoms with Crippen molar-refractivity contribution in [2.75, 3.05) is 20.4 Å². The standard InChI is InChI=1S/C9H13NO6/c1-6(3-8(12)13)9(14)16-4-7(11)10-5-15-2/h3H,4-5H2,1-2H3,(H,10,11)(H,12,13)/b6-3+. The number of methoxy groups -OCH3 is 1. The predicted octanol–water partition coefficient (Wildman–Crippen LogP) is -0.719. The summed E-state index contributed by atoms with van der Waals surface area (Å²) >= 11 is 0. The second kappa shape index (κ2) is 7.41. The van der Waals surface area contributed by atoms with Crippen LogP contribution in [0.2, 0.25) is 0 Å². The Labute approximate surface area is 92.0 Å². The highest BCUT2D eigenvalue weighted by Crippen LogP contribution is 1.96. The van der Waals surface area contributed by atoms with E-state index in [1.165, 1.54) is 14.0 Å². The minimum Gasteiger partial charge on any atom is -0.478 e. The Balaban J connectivity index is 3.98. The van der Waals surface area contributed by atoms with Crippen LogP contribution in [-0.2, 0) is 23.9 Å². The van der Waals surface area contributed by atoms with Crippen molar-refractivity contribution >= 4 is 17.8 Å². The lowest BCUT2D eigenvalue weighted by Gasteiger charge is -2.05. The van der Waals surface area contributed by atoms with Gasteiger partial charge in [0.05, 0.1) is 0 Å². The van der Waals surface area contributed by atoms with Crippen molar-refractivity contribution in [3.8, 4) is 0 Å². The third-order valence-electron chi connectivity index (χ3n) is 1.41. The SMILES string of the molecule is COCNC(=O)COC(=O)/C(C)=C/C(=O)O. The molecule has 0 radical (unpaired) electrons. The van der Waals surface area contributed by atoms with Crippen molar-refractivity contribution in [2.45, 2.75) is 6.92 Å². The van der Waals surface area contributed by atoms with E-state index < -0.39 is 24.5 Å². The van der Waals surface area contributed by atoms with Gasteiger partial charge in [-0.15, -0.1) is 0 Å². The number of carbonyl (C=O) groups excluding carboxylic acids is 2. The Morgan fingerprint density at radius 2 is 2.00 bits per heavy atom. The highest BCUT2D eigenvalue weighted by molar-refractivity contribution is 5.96. The smallest absolute Gasteiger partial charge is 0.334 e. The summed E-state index contributed by atoms with van der Waals surface area (Å²) in [4.78, 5) is 32.3. The van der Waals surface area contributed by atoms with E-state index in [0.717, 1.165) is 0 Å². The first-order valence-electron chi connectivity index (χ1n) is 4.31. The molecule has 90 valence electrons. The zero-order valence-corrected chi connectivity index (χ0v) is 8.98. The molecule has 1 amide bonds. The Bertz CT molecular complexity index is 309. The van der Waals surface area contributed by atoms with E-state index in [0.29, 0.717) is 6.08 Å². The maximum atomic E-state index is 11.1. The number of hydrogen-bond donors (Lipinski definition) is 2. The van der Waals surface area contributed by atoms with Crippen LogP contribution in [0.25, 0.3) is 0 Å². The van der Waals surface area contributed by atoms with Gasteiger partial charge in [-0.3, -0.25) is 4.79 Å². The van der Waals surface area contributed by atoms with Crippen molar-refractivity contribution in [3.05, 3.63) is 11.6 Å². The van der Waals surface area contributed by atoms with E-state index in [9.17, 15) is 14.4 Å². The second-order valence-corrected chi connectivity index (χ2v) is 2.77. The van der Waals surface area contributed by atoms with Gasteiger partial charge in [0.1, 0.15) is 6.73 Å². The summed E-state index contributed by atoms with van der Waals surface area (Å²) in [5.41, 5.74) is -0.0907. The van der Waals surface area contributed by atoms with E-state index in [1.807, 2.05) is 0 Å². The van der Waals surface area contributed by atoms with Gasteiger partial charge in [-0.1, -0.05) is 0 Å². The van der Waals surface area contributed by atoms with Gasteiger partial charge >= 0.3 is 11.9 Å². The van der Waals surface area contributed by atoms with E-state index in [-0.39, 0.29) is 12.3 Å². The van der Waals surface area contributed by atoms with Crippen LogP contribution >= 0.6 is 0 Å². The molecule has 7 nitrogen and oxygen atoms in total. The Morgan fingerprint density at radius 3 is 2.50 bits per heavy atom. The number of aliphatic carboxylic acids is 1. The van der Waals surface area contributed by atoms with Crippen LogP contribution in [0.15, 0.2) is 11.6 Å². The molecular formula is C9H13NO6. The fourth-order valence-electron chi connectivity index (χ4n) is 0.693. The van der Waals surface area contributed by atoms with Gasteiger partial charge in [0.25, 0.3) is 5.91 Å². The van der Waals surface area contributed by atoms with E-state index in [4.69, 9.17) is 5.11 Å². The van der Waals surface area contributed by atoms with Crippen molar-refractivity contribution in [1.82, 2.24) is 5.32 Å². The molecule has 0 saturated carbocycles. The molecule has 7 heteroatoms. The van der Waals surface area contributed by atoms with E-state index in [1.54, 1.807) is 0 Å². The maximum absolute atomic E-state index is 11.1. The van der Waals surface area contributed by atoms with Crippen molar-refractivity contribution in [3.63, 3.8) is 0 Å². The van der Waals surface area contributed by atoms with Crippen LogP contribution in [0.1, 0.15) is 6.92 Å². The lowest BCUT2D eigenvalue weighted by molar-refractivity contribution is -0.145. The molecule has 0 spiro atoms. The number of ether oxygens (including phenoxy) is 2. The third-order valence-corrected chi connectivity index (χ3v) is 1.41. The van der Waals surface area contributed by atoms with Crippen molar-refractivity contribution in [1.29, 1.82) is 0 Å². The van der Waals surface area contributed by atoms with Gasteiger partial charge in [-0.05, 0) is 6.92 Å². The van der Waals surface area contributed by atoms with Gasteiger partial charge in [0, 0.05) is 18.8 Å².